The molecule has 1 aromatic carbocycles. The fraction of sp³-hybridized carbons (Fsp3) is 0.231. The molecule has 8 heteroatoms. The summed E-state index contributed by atoms with van der Waals surface area (Å²) >= 11 is 5.94. The second-order valence-electron chi connectivity index (χ2n) is 4.41. The lowest BCUT2D eigenvalue weighted by Gasteiger charge is -2.29. The van der Waals surface area contributed by atoms with Gasteiger partial charge in [-0.1, -0.05) is 12.1 Å². The number of nitrogens with one attached hydrogen (secondary N) is 2. The molecular formula is C13H13ClN6O. The van der Waals surface area contributed by atoms with Crippen LogP contribution < -0.4 is 15.5 Å². The minimum Gasteiger partial charge on any atom is -0.354 e. The first-order valence-electron chi connectivity index (χ1n) is 6.49. The second kappa shape index (κ2) is 5.53. The summed E-state index contributed by atoms with van der Waals surface area (Å²) in [6.07, 6.45) is 0. The number of halogens is 1. The fourth-order valence-corrected chi connectivity index (χ4v) is 2.26. The lowest BCUT2D eigenvalue weighted by atomic mass is 10.2. The van der Waals surface area contributed by atoms with Gasteiger partial charge in [0, 0.05) is 6.54 Å². The summed E-state index contributed by atoms with van der Waals surface area (Å²) in [7, 11) is 0. The third-order valence-corrected chi connectivity index (χ3v) is 3.11. The Morgan fingerprint density at radius 3 is 2.95 bits per heavy atom. The number of amides is 1. The van der Waals surface area contributed by atoms with E-state index in [0.717, 1.165) is 11.4 Å². The average Bonchev–Trinajstić information content (AvgIpc) is 2.46. The number of hydrogen-bond acceptors (Lipinski definition) is 6. The number of nitrogens with zero attached hydrogens (tertiary/aromatic N) is 4. The molecule has 3 rings (SSSR count). The SMILES string of the molecule is CCNc1nc(Cl)nc(N2CC(=O)Nc3ccccc32)n1. The predicted molar refractivity (Wildman–Crippen MR) is 81.1 cm³/mol. The highest BCUT2D eigenvalue weighted by atomic mass is 35.5. The van der Waals surface area contributed by atoms with E-state index < -0.39 is 0 Å². The van der Waals surface area contributed by atoms with Crippen LogP contribution in [0.25, 0.3) is 0 Å². The topological polar surface area (TPSA) is 83.0 Å². The van der Waals surface area contributed by atoms with Crippen molar-refractivity contribution >= 4 is 40.8 Å². The Balaban J connectivity index is 2.06. The molecular weight excluding hydrogens is 292 g/mol. The number of carbonyl (C=O) groups is 1. The van der Waals surface area contributed by atoms with E-state index in [1.54, 1.807) is 4.90 Å². The van der Waals surface area contributed by atoms with Crippen molar-refractivity contribution in [3.8, 4) is 0 Å². The Bertz CT molecular complexity index is 692. The van der Waals surface area contributed by atoms with Gasteiger partial charge in [0.05, 0.1) is 11.4 Å². The first-order valence-corrected chi connectivity index (χ1v) is 6.87. The number of para-hydroxylation sites is 2. The lowest BCUT2D eigenvalue weighted by molar-refractivity contribution is -0.115. The van der Waals surface area contributed by atoms with Gasteiger partial charge < -0.3 is 10.6 Å². The van der Waals surface area contributed by atoms with E-state index in [2.05, 4.69) is 25.6 Å². The summed E-state index contributed by atoms with van der Waals surface area (Å²) in [5.41, 5.74) is 1.54. The van der Waals surface area contributed by atoms with E-state index in [0.29, 0.717) is 18.4 Å². The van der Waals surface area contributed by atoms with Gasteiger partial charge >= 0.3 is 0 Å². The predicted octanol–water partition coefficient (Wildman–Crippen LogP) is 2.05. The molecule has 0 unspecified atom stereocenters. The van der Waals surface area contributed by atoms with Crippen LogP contribution in [0.2, 0.25) is 5.28 Å². The smallest absolute Gasteiger partial charge is 0.244 e. The monoisotopic (exact) mass is 304 g/mol. The maximum absolute atomic E-state index is 11.8. The Labute approximate surface area is 126 Å². The third-order valence-electron chi connectivity index (χ3n) is 2.94. The molecule has 0 fully saturated rings. The van der Waals surface area contributed by atoms with Crippen LogP contribution in [0.3, 0.4) is 0 Å². The molecule has 108 valence electrons. The van der Waals surface area contributed by atoms with Crippen LogP contribution in [-0.4, -0.2) is 33.9 Å². The second-order valence-corrected chi connectivity index (χ2v) is 4.75. The average molecular weight is 305 g/mol. The molecule has 2 N–H and O–H groups in total. The van der Waals surface area contributed by atoms with Crippen LogP contribution in [-0.2, 0) is 4.79 Å². The highest BCUT2D eigenvalue weighted by Gasteiger charge is 2.25. The van der Waals surface area contributed by atoms with Crippen LogP contribution in [0, 0.1) is 0 Å². The molecule has 0 bridgehead atoms. The first-order chi connectivity index (χ1) is 10.2. The normalized spacial score (nSPS) is 13.6. The lowest BCUT2D eigenvalue weighted by Crippen LogP contribution is -2.36. The molecule has 7 nitrogen and oxygen atoms in total. The van der Waals surface area contributed by atoms with Crippen molar-refractivity contribution in [2.45, 2.75) is 6.92 Å². The molecule has 1 amide bonds. The zero-order valence-corrected chi connectivity index (χ0v) is 12.1. The standard InChI is InChI=1S/C13H13ClN6O/c1-2-15-12-17-11(14)18-13(19-12)20-7-10(21)16-8-5-3-4-6-9(8)20/h3-6H,2,7H2,1H3,(H,16,21)(H,15,17,18,19). The molecule has 0 aliphatic carbocycles. The summed E-state index contributed by atoms with van der Waals surface area (Å²) in [6, 6.07) is 7.46. The summed E-state index contributed by atoms with van der Waals surface area (Å²) in [6.45, 7) is 2.72. The van der Waals surface area contributed by atoms with Crippen molar-refractivity contribution in [1.82, 2.24) is 15.0 Å². The highest BCUT2D eigenvalue weighted by Crippen LogP contribution is 2.33. The maximum atomic E-state index is 11.8. The quantitative estimate of drug-likeness (QED) is 0.903. The highest BCUT2D eigenvalue weighted by molar-refractivity contribution is 6.28. The fourth-order valence-electron chi connectivity index (χ4n) is 2.11. The molecule has 0 radical (unpaired) electrons. The van der Waals surface area contributed by atoms with E-state index in [4.69, 9.17) is 11.6 Å². The molecule has 2 aromatic rings. The molecule has 0 atom stereocenters. The Morgan fingerprint density at radius 2 is 2.14 bits per heavy atom. The summed E-state index contributed by atoms with van der Waals surface area (Å²) in [5.74, 6) is 0.597. The maximum Gasteiger partial charge on any atom is 0.244 e. The zero-order valence-electron chi connectivity index (χ0n) is 11.3. The van der Waals surface area contributed by atoms with Gasteiger partial charge in [0.25, 0.3) is 0 Å². The Kier molecular flexibility index (Phi) is 3.57. The number of carbonyl (C=O) groups excluding carboxylic acids is 1. The van der Waals surface area contributed by atoms with Crippen molar-refractivity contribution in [3.63, 3.8) is 0 Å². The van der Waals surface area contributed by atoms with Gasteiger partial charge in [-0.05, 0) is 30.7 Å². The van der Waals surface area contributed by atoms with Crippen LogP contribution in [0.1, 0.15) is 6.92 Å². The largest absolute Gasteiger partial charge is 0.354 e. The number of hydrogen-bond donors (Lipinski definition) is 2. The van der Waals surface area contributed by atoms with E-state index in [1.807, 2.05) is 31.2 Å². The van der Waals surface area contributed by atoms with E-state index in [9.17, 15) is 4.79 Å². The van der Waals surface area contributed by atoms with Crippen molar-refractivity contribution < 1.29 is 4.79 Å². The van der Waals surface area contributed by atoms with Gasteiger partial charge in [-0.3, -0.25) is 9.69 Å². The first kappa shape index (κ1) is 13.6. The zero-order chi connectivity index (χ0) is 14.8. The number of rotatable bonds is 3. The Morgan fingerprint density at radius 1 is 1.33 bits per heavy atom. The van der Waals surface area contributed by atoms with Crippen LogP contribution in [0.15, 0.2) is 24.3 Å². The molecule has 2 heterocycles. The number of benzene rings is 1. The van der Waals surface area contributed by atoms with Gasteiger partial charge in [-0.25, -0.2) is 0 Å². The van der Waals surface area contributed by atoms with Crippen molar-refractivity contribution in [3.05, 3.63) is 29.5 Å². The van der Waals surface area contributed by atoms with Crippen molar-refractivity contribution in [2.75, 3.05) is 28.6 Å². The van der Waals surface area contributed by atoms with Gasteiger partial charge in [-0.15, -0.1) is 0 Å². The van der Waals surface area contributed by atoms with E-state index in [1.165, 1.54) is 0 Å². The molecule has 21 heavy (non-hydrogen) atoms. The van der Waals surface area contributed by atoms with Crippen LogP contribution in [0.4, 0.5) is 23.3 Å². The minimum atomic E-state index is -0.129. The molecule has 0 saturated heterocycles. The van der Waals surface area contributed by atoms with Crippen LogP contribution in [0.5, 0.6) is 0 Å². The molecule has 1 aromatic heterocycles. The van der Waals surface area contributed by atoms with E-state index >= 15 is 0 Å². The molecule has 1 aliphatic heterocycles. The molecule has 0 spiro atoms. The van der Waals surface area contributed by atoms with Gasteiger partial charge in [0.1, 0.15) is 6.54 Å². The number of fused-ring (bicyclic) bond motifs is 1. The number of anilines is 4. The van der Waals surface area contributed by atoms with E-state index in [-0.39, 0.29) is 17.7 Å². The molecule has 0 saturated carbocycles. The van der Waals surface area contributed by atoms with Gasteiger partial charge in [0.15, 0.2) is 0 Å². The van der Waals surface area contributed by atoms with Crippen LogP contribution >= 0.6 is 11.6 Å². The minimum absolute atomic E-state index is 0.0828. The van der Waals surface area contributed by atoms with Gasteiger partial charge in [0.2, 0.25) is 23.1 Å². The summed E-state index contributed by atoms with van der Waals surface area (Å²) < 4.78 is 0. The summed E-state index contributed by atoms with van der Waals surface area (Å²) in [4.78, 5) is 26.0. The Hall–Kier alpha value is -2.41. The molecule has 1 aliphatic rings. The van der Waals surface area contributed by atoms with Crippen molar-refractivity contribution in [2.24, 2.45) is 0 Å². The summed E-state index contributed by atoms with van der Waals surface area (Å²) in [5, 5.41) is 5.89. The van der Waals surface area contributed by atoms with Crippen molar-refractivity contribution in [1.29, 1.82) is 0 Å². The number of aromatic nitrogens is 3. The van der Waals surface area contributed by atoms with Gasteiger partial charge in [-0.2, -0.15) is 15.0 Å². The third kappa shape index (κ3) is 2.73.